The fourth-order valence-electron chi connectivity index (χ4n) is 4.14. The van der Waals surface area contributed by atoms with Crippen LogP contribution in [0.2, 0.25) is 0 Å². The van der Waals surface area contributed by atoms with Crippen molar-refractivity contribution in [3.63, 3.8) is 0 Å². The maximum Gasteiger partial charge on any atom is 0.407 e. The number of anilines is 2. The molecule has 1 heterocycles. The maximum atomic E-state index is 12.7. The molecule has 2 atom stereocenters. The minimum absolute atomic E-state index is 0.119. The minimum atomic E-state index is -0.655. The molecule has 1 aromatic heterocycles. The molecule has 40 heavy (non-hydrogen) atoms. The summed E-state index contributed by atoms with van der Waals surface area (Å²) < 4.78 is 10.6. The molecule has 1 amide bonds. The number of hydrogen-bond acceptors (Lipinski definition) is 8. The van der Waals surface area contributed by atoms with Crippen LogP contribution in [-0.2, 0) is 22.4 Å². The summed E-state index contributed by atoms with van der Waals surface area (Å²) in [7, 11) is 2.17. The Labute approximate surface area is 237 Å². The number of aryl methyl sites for hydroxylation is 1. The van der Waals surface area contributed by atoms with Crippen molar-refractivity contribution in [2.45, 2.75) is 59.4 Å². The van der Waals surface area contributed by atoms with Crippen molar-refractivity contribution in [1.82, 2.24) is 10.3 Å². The molecule has 2 aromatic carbocycles. The van der Waals surface area contributed by atoms with Crippen LogP contribution >= 0.6 is 9.47 Å². The maximum absolute atomic E-state index is 12.7. The van der Waals surface area contributed by atoms with Crippen LogP contribution in [0.4, 0.5) is 22.0 Å². The van der Waals surface area contributed by atoms with Crippen molar-refractivity contribution in [1.29, 1.82) is 0 Å². The van der Waals surface area contributed by atoms with E-state index in [1.165, 1.54) is 0 Å². The summed E-state index contributed by atoms with van der Waals surface area (Å²) in [5.74, 6) is 0.258. The Kier molecular flexibility index (Phi) is 10.8. The molecule has 0 aliphatic heterocycles. The predicted octanol–water partition coefficient (Wildman–Crippen LogP) is 5.93. The molecule has 0 aliphatic carbocycles. The van der Waals surface area contributed by atoms with Gasteiger partial charge in [-0.15, -0.1) is 0 Å². The third-order valence-corrected chi connectivity index (χ3v) is 6.28. The Morgan fingerprint density at radius 3 is 2.08 bits per heavy atom. The topological polar surface area (TPSA) is 119 Å². The SMILES string of the molecule is Cc1nc(N(Cc2ccccc2)Cc2ccccc2)c([N+](=O)[O-])c(N[C@@H](CNC(=O)OC(C)(C)C)COP)c1C. The number of pyridine rings is 1. The number of hydrogen-bond donors (Lipinski definition) is 2. The van der Waals surface area contributed by atoms with Gasteiger partial charge in [0.1, 0.15) is 11.3 Å². The van der Waals surface area contributed by atoms with Crippen LogP contribution in [0.3, 0.4) is 0 Å². The van der Waals surface area contributed by atoms with E-state index in [2.05, 4.69) is 20.1 Å². The number of alkyl carbamates (subject to hydrolysis) is 1. The van der Waals surface area contributed by atoms with Crippen molar-refractivity contribution in [2.75, 3.05) is 23.4 Å². The highest BCUT2D eigenvalue weighted by atomic mass is 31.0. The third-order valence-electron chi connectivity index (χ3n) is 6.09. The van der Waals surface area contributed by atoms with Gasteiger partial charge in [-0.3, -0.25) is 10.1 Å². The normalized spacial score (nSPS) is 11.9. The van der Waals surface area contributed by atoms with Gasteiger partial charge in [0.15, 0.2) is 0 Å². The molecule has 0 spiro atoms. The van der Waals surface area contributed by atoms with E-state index in [4.69, 9.17) is 14.2 Å². The van der Waals surface area contributed by atoms with Gasteiger partial charge in [0.2, 0.25) is 5.82 Å². The van der Waals surface area contributed by atoms with Crippen LogP contribution in [0, 0.1) is 24.0 Å². The zero-order valence-electron chi connectivity index (χ0n) is 23.6. The number of carbonyl (C=O) groups is 1. The molecule has 0 bridgehead atoms. The van der Waals surface area contributed by atoms with Gasteiger partial charge in [0.05, 0.1) is 17.6 Å². The number of ether oxygens (including phenoxy) is 1. The summed E-state index contributed by atoms with van der Waals surface area (Å²) in [6.45, 7) is 10.1. The smallest absolute Gasteiger partial charge is 0.407 e. The molecular weight excluding hydrogens is 529 g/mol. The van der Waals surface area contributed by atoms with E-state index < -0.39 is 22.7 Å². The van der Waals surface area contributed by atoms with Crippen LogP contribution in [0.1, 0.15) is 43.2 Å². The lowest BCUT2D eigenvalue weighted by atomic mass is 10.1. The summed E-state index contributed by atoms with van der Waals surface area (Å²) >= 11 is 0. The molecule has 0 aliphatic rings. The Morgan fingerprint density at radius 2 is 1.60 bits per heavy atom. The van der Waals surface area contributed by atoms with Gasteiger partial charge >= 0.3 is 11.8 Å². The lowest BCUT2D eigenvalue weighted by Gasteiger charge is -2.27. The van der Waals surface area contributed by atoms with Gasteiger partial charge in [0, 0.05) is 40.4 Å². The molecular formula is C29H38N5O5P. The van der Waals surface area contributed by atoms with Gasteiger partial charge in [-0.05, 0) is 45.7 Å². The zero-order chi connectivity index (χ0) is 29.3. The fraction of sp³-hybridized carbons (Fsp3) is 0.379. The summed E-state index contributed by atoms with van der Waals surface area (Å²) in [6, 6.07) is 19.1. The van der Waals surface area contributed by atoms with Crippen molar-refractivity contribution in [3.05, 3.63) is 93.2 Å². The fourth-order valence-corrected chi connectivity index (χ4v) is 4.37. The Balaban J connectivity index is 2.03. The Hall–Kier alpha value is -3.75. The monoisotopic (exact) mass is 567 g/mol. The van der Waals surface area contributed by atoms with Crippen LogP contribution in [0.25, 0.3) is 0 Å². The Bertz CT molecular complexity index is 1240. The molecule has 0 radical (unpaired) electrons. The predicted molar refractivity (Wildman–Crippen MR) is 160 cm³/mol. The van der Waals surface area contributed by atoms with Crippen LogP contribution in [0.5, 0.6) is 0 Å². The highest BCUT2D eigenvalue weighted by molar-refractivity contribution is 7.09. The van der Waals surface area contributed by atoms with Gasteiger partial charge in [0.25, 0.3) is 0 Å². The lowest BCUT2D eigenvalue weighted by Crippen LogP contribution is -2.41. The molecule has 0 saturated carbocycles. The highest BCUT2D eigenvalue weighted by Gasteiger charge is 2.31. The van der Waals surface area contributed by atoms with Crippen molar-refractivity contribution in [2.24, 2.45) is 0 Å². The molecule has 0 saturated heterocycles. The highest BCUT2D eigenvalue weighted by Crippen LogP contribution is 2.39. The number of nitrogens with zero attached hydrogens (tertiary/aromatic N) is 3. The molecule has 10 nitrogen and oxygen atoms in total. The molecule has 1 unspecified atom stereocenters. The first-order valence-electron chi connectivity index (χ1n) is 13.0. The van der Waals surface area contributed by atoms with E-state index in [1.54, 1.807) is 27.7 Å². The molecule has 214 valence electrons. The molecule has 0 fully saturated rings. The van der Waals surface area contributed by atoms with Crippen LogP contribution < -0.4 is 15.5 Å². The number of amides is 1. The summed E-state index contributed by atoms with van der Waals surface area (Å²) in [5.41, 5.74) is 2.83. The number of rotatable bonds is 12. The summed E-state index contributed by atoms with van der Waals surface area (Å²) in [4.78, 5) is 31.2. The average molecular weight is 568 g/mol. The van der Waals surface area contributed by atoms with Gasteiger partial charge in [-0.25, -0.2) is 9.78 Å². The summed E-state index contributed by atoms with van der Waals surface area (Å²) in [6.07, 6.45) is -0.585. The molecule has 3 rings (SSSR count). The molecule has 3 aromatic rings. The van der Waals surface area contributed by atoms with E-state index in [1.807, 2.05) is 72.5 Å². The summed E-state index contributed by atoms with van der Waals surface area (Å²) in [5, 5.41) is 18.6. The van der Waals surface area contributed by atoms with Gasteiger partial charge in [-0.2, -0.15) is 0 Å². The number of aromatic nitrogens is 1. The van der Waals surface area contributed by atoms with E-state index in [0.29, 0.717) is 30.0 Å². The number of benzene rings is 2. The Morgan fingerprint density at radius 1 is 1.05 bits per heavy atom. The van der Waals surface area contributed by atoms with E-state index in [0.717, 1.165) is 11.1 Å². The first-order valence-corrected chi connectivity index (χ1v) is 13.5. The van der Waals surface area contributed by atoms with Crippen LogP contribution in [0.15, 0.2) is 60.7 Å². The van der Waals surface area contributed by atoms with Crippen molar-refractivity contribution >= 4 is 32.8 Å². The zero-order valence-corrected chi connectivity index (χ0v) is 24.8. The van der Waals surface area contributed by atoms with Gasteiger partial charge < -0.3 is 24.8 Å². The first kappa shape index (κ1) is 30.8. The minimum Gasteiger partial charge on any atom is -0.444 e. The standard InChI is InChI=1S/C29H38N5O5P/c1-20-21(2)31-27(33(17-22-12-8-6-9-13-22)18-23-14-10-7-11-15-23)26(34(36)37)25(20)32-24(19-38-40)16-30-28(35)39-29(3,4)5/h6-15,24H,16-19,40H2,1-5H3,(H,30,35)(H,31,32)/t24-/m0/s1. The second-order valence-corrected chi connectivity index (χ2v) is 10.8. The van der Waals surface area contributed by atoms with E-state index >= 15 is 0 Å². The van der Waals surface area contributed by atoms with Crippen LogP contribution in [-0.4, -0.2) is 40.8 Å². The second kappa shape index (κ2) is 14.1. The van der Waals surface area contributed by atoms with Gasteiger partial charge in [-0.1, -0.05) is 60.7 Å². The first-order chi connectivity index (χ1) is 19.0. The lowest BCUT2D eigenvalue weighted by molar-refractivity contribution is -0.383. The number of carbonyl (C=O) groups excluding carboxylic acids is 1. The number of nitrogens with one attached hydrogen (secondary N) is 2. The largest absolute Gasteiger partial charge is 0.444 e. The molecule has 2 N–H and O–H groups in total. The average Bonchev–Trinajstić information content (AvgIpc) is 2.89. The van der Waals surface area contributed by atoms with Crippen molar-refractivity contribution in [3.8, 4) is 0 Å². The number of nitro groups is 1. The quantitative estimate of drug-likeness (QED) is 0.157. The molecule has 11 heteroatoms. The second-order valence-electron chi connectivity index (χ2n) is 10.5. The third kappa shape index (κ3) is 8.89. The van der Waals surface area contributed by atoms with E-state index in [9.17, 15) is 14.9 Å². The van der Waals surface area contributed by atoms with Crippen molar-refractivity contribution < 1.29 is 19.0 Å². The van der Waals surface area contributed by atoms with E-state index in [-0.39, 0.29) is 24.7 Å².